The van der Waals surface area contributed by atoms with Crippen molar-refractivity contribution in [3.63, 3.8) is 0 Å². The molecule has 2 amide bonds. The molecule has 0 saturated carbocycles. The van der Waals surface area contributed by atoms with E-state index in [-0.39, 0.29) is 11.6 Å². The Morgan fingerprint density at radius 2 is 2.05 bits per heavy atom. The Balaban J connectivity index is 2.75. The molecule has 1 unspecified atom stereocenters. The van der Waals surface area contributed by atoms with Gasteiger partial charge in [-0.25, -0.2) is 4.39 Å². The molecule has 1 aromatic carbocycles. The van der Waals surface area contributed by atoms with E-state index in [1.165, 1.54) is 25.1 Å². The van der Waals surface area contributed by atoms with E-state index in [4.69, 9.17) is 5.73 Å². The number of hydrogen-bond donors (Lipinski definition) is 3. The number of nitrogens with one attached hydrogen (secondary N) is 2. The van der Waals surface area contributed by atoms with Gasteiger partial charge in [-0.1, -0.05) is 19.8 Å². The highest BCUT2D eigenvalue weighted by atomic mass is 19.1. The topological polar surface area (TPSA) is 84.2 Å². The van der Waals surface area contributed by atoms with Crippen LogP contribution in [-0.2, 0) is 9.59 Å². The van der Waals surface area contributed by atoms with Gasteiger partial charge in [-0.15, -0.1) is 0 Å². The molecule has 1 aromatic rings. The number of nitrogens with two attached hydrogens (primary N) is 1. The fourth-order valence-corrected chi connectivity index (χ4v) is 1.68. The van der Waals surface area contributed by atoms with Crippen molar-refractivity contribution in [2.75, 3.05) is 10.6 Å². The lowest BCUT2D eigenvalue weighted by Crippen LogP contribution is -2.35. The first-order valence-electron chi connectivity index (χ1n) is 6.57. The summed E-state index contributed by atoms with van der Waals surface area (Å²) < 4.78 is 13.6. The monoisotopic (exact) mass is 281 g/mol. The minimum atomic E-state index is -0.668. The zero-order chi connectivity index (χ0) is 15.1. The van der Waals surface area contributed by atoms with Gasteiger partial charge in [0.05, 0.1) is 11.7 Å². The highest BCUT2D eigenvalue weighted by Crippen LogP contribution is 2.20. The number of amides is 2. The third kappa shape index (κ3) is 4.97. The van der Waals surface area contributed by atoms with Gasteiger partial charge < -0.3 is 16.4 Å². The van der Waals surface area contributed by atoms with Crippen molar-refractivity contribution < 1.29 is 14.0 Å². The fourth-order valence-electron chi connectivity index (χ4n) is 1.68. The summed E-state index contributed by atoms with van der Waals surface area (Å²) in [7, 11) is 0. The molecule has 6 heteroatoms. The number of anilines is 2. The lowest BCUT2D eigenvalue weighted by atomic mass is 10.1. The zero-order valence-corrected chi connectivity index (χ0v) is 11.7. The third-order valence-corrected chi connectivity index (χ3v) is 2.75. The molecule has 0 aliphatic heterocycles. The highest BCUT2D eigenvalue weighted by Gasteiger charge is 2.15. The third-order valence-electron chi connectivity index (χ3n) is 2.75. The first-order chi connectivity index (χ1) is 9.43. The van der Waals surface area contributed by atoms with E-state index < -0.39 is 17.8 Å². The highest BCUT2D eigenvalue weighted by molar-refractivity contribution is 5.96. The smallest absolute Gasteiger partial charge is 0.241 e. The van der Waals surface area contributed by atoms with Crippen LogP contribution in [0.3, 0.4) is 0 Å². The first-order valence-corrected chi connectivity index (χ1v) is 6.57. The van der Waals surface area contributed by atoms with E-state index in [9.17, 15) is 14.0 Å². The number of rotatable bonds is 6. The second kappa shape index (κ2) is 7.59. The molecule has 0 radical (unpaired) electrons. The van der Waals surface area contributed by atoms with Crippen LogP contribution >= 0.6 is 0 Å². The van der Waals surface area contributed by atoms with Gasteiger partial charge >= 0.3 is 0 Å². The van der Waals surface area contributed by atoms with E-state index in [0.717, 1.165) is 12.8 Å². The van der Waals surface area contributed by atoms with Gasteiger partial charge in [-0.2, -0.15) is 0 Å². The Bertz CT molecular complexity index is 491. The summed E-state index contributed by atoms with van der Waals surface area (Å²) in [4.78, 5) is 22.8. The number of carbonyl (C=O) groups excluding carboxylic acids is 2. The maximum atomic E-state index is 13.6. The Kier molecular flexibility index (Phi) is 6.11. The Morgan fingerprint density at radius 1 is 1.35 bits per heavy atom. The summed E-state index contributed by atoms with van der Waals surface area (Å²) >= 11 is 0. The van der Waals surface area contributed by atoms with Crippen LogP contribution in [0.15, 0.2) is 18.2 Å². The quantitative estimate of drug-likeness (QED) is 0.747. The SMILES string of the molecule is CCCCC(N)C(=O)Nc1cc(NC(C)=O)ccc1F. The normalized spacial score (nSPS) is 11.8. The zero-order valence-electron chi connectivity index (χ0n) is 11.7. The Labute approximate surface area is 117 Å². The number of halogens is 1. The van der Waals surface area contributed by atoms with Crippen LogP contribution in [0.1, 0.15) is 33.1 Å². The van der Waals surface area contributed by atoms with Crippen LogP contribution in [-0.4, -0.2) is 17.9 Å². The van der Waals surface area contributed by atoms with Gasteiger partial charge in [0.2, 0.25) is 11.8 Å². The van der Waals surface area contributed by atoms with Crippen LogP contribution in [0, 0.1) is 5.82 Å². The molecule has 0 aliphatic carbocycles. The van der Waals surface area contributed by atoms with Crippen LogP contribution in [0.4, 0.5) is 15.8 Å². The Hall–Kier alpha value is -1.95. The fraction of sp³-hybridized carbons (Fsp3) is 0.429. The van der Waals surface area contributed by atoms with Crippen molar-refractivity contribution in [1.29, 1.82) is 0 Å². The molecule has 0 aromatic heterocycles. The van der Waals surface area contributed by atoms with E-state index >= 15 is 0 Å². The molecule has 5 nitrogen and oxygen atoms in total. The van der Waals surface area contributed by atoms with Crippen LogP contribution in [0.25, 0.3) is 0 Å². The number of unbranched alkanes of at least 4 members (excludes halogenated alkanes) is 1. The Morgan fingerprint density at radius 3 is 2.65 bits per heavy atom. The van der Waals surface area contributed by atoms with Crippen molar-refractivity contribution in [2.24, 2.45) is 5.73 Å². The molecule has 0 spiro atoms. The van der Waals surface area contributed by atoms with Crippen molar-refractivity contribution in [2.45, 2.75) is 39.2 Å². The molecule has 0 saturated heterocycles. The van der Waals surface area contributed by atoms with E-state index in [2.05, 4.69) is 10.6 Å². The summed E-state index contributed by atoms with van der Waals surface area (Å²) in [5.74, 6) is -1.28. The van der Waals surface area contributed by atoms with Crippen LogP contribution in [0.5, 0.6) is 0 Å². The first kappa shape index (κ1) is 16.1. The van der Waals surface area contributed by atoms with Gasteiger partial charge in [0, 0.05) is 12.6 Å². The van der Waals surface area contributed by atoms with Gasteiger partial charge in [-0.3, -0.25) is 9.59 Å². The molecule has 4 N–H and O–H groups in total. The summed E-state index contributed by atoms with van der Waals surface area (Å²) in [6, 6.07) is 3.29. The molecule has 0 fully saturated rings. The molecule has 1 atom stereocenters. The molecular weight excluding hydrogens is 261 g/mol. The van der Waals surface area contributed by atoms with Gasteiger partial charge in [0.1, 0.15) is 5.82 Å². The van der Waals surface area contributed by atoms with E-state index in [1.807, 2.05) is 6.92 Å². The summed E-state index contributed by atoms with van der Waals surface area (Å²) in [5, 5.41) is 4.96. The minimum Gasteiger partial charge on any atom is -0.326 e. The number of benzene rings is 1. The average Bonchev–Trinajstić information content (AvgIpc) is 2.39. The molecule has 0 heterocycles. The van der Waals surface area contributed by atoms with Crippen molar-refractivity contribution >= 4 is 23.2 Å². The molecular formula is C14H20FN3O2. The largest absolute Gasteiger partial charge is 0.326 e. The molecule has 1 rings (SSSR count). The van der Waals surface area contributed by atoms with E-state index in [0.29, 0.717) is 12.1 Å². The standard InChI is InChI=1S/C14H20FN3O2/c1-3-4-5-12(16)14(20)18-13-8-10(17-9(2)19)6-7-11(13)15/h6-8,12H,3-5,16H2,1-2H3,(H,17,19)(H,18,20). The van der Waals surface area contributed by atoms with Crippen molar-refractivity contribution in [3.8, 4) is 0 Å². The number of hydrogen-bond acceptors (Lipinski definition) is 3. The molecule has 110 valence electrons. The van der Waals surface area contributed by atoms with Crippen LogP contribution < -0.4 is 16.4 Å². The average molecular weight is 281 g/mol. The second-order valence-electron chi connectivity index (χ2n) is 4.61. The summed E-state index contributed by atoms with van der Waals surface area (Å²) in [5.41, 5.74) is 6.14. The predicted octanol–water partition coefficient (Wildman–Crippen LogP) is 2.24. The number of carbonyl (C=O) groups is 2. The summed E-state index contributed by atoms with van der Waals surface area (Å²) in [6.07, 6.45) is 2.33. The van der Waals surface area contributed by atoms with E-state index in [1.54, 1.807) is 0 Å². The lowest BCUT2D eigenvalue weighted by molar-refractivity contribution is -0.117. The van der Waals surface area contributed by atoms with Gasteiger partial charge in [0.25, 0.3) is 0 Å². The minimum absolute atomic E-state index is 0.00759. The maximum Gasteiger partial charge on any atom is 0.241 e. The molecule has 20 heavy (non-hydrogen) atoms. The molecule has 0 aliphatic rings. The van der Waals surface area contributed by atoms with Crippen LogP contribution in [0.2, 0.25) is 0 Å². The maximum absolute atomic E-state index is 13.6. The summed E-state index contributed by atoms with van der Waals surface area (Å²) in [6.45, 7) is 3.35. The van der Waals surface area contributed by atoms with Crippen molar-refractivity contribution in [3.05, 3.63) is 24.0 Å². The van der Waals surface area contributed by atoms with Crippen molar-refractivity contribution in [1.82, 2.24) is 0 Å². The lowest BCUT2D eigenvalue weighted by Gasteiger charge is -2.13. The molecule has 0 bridgehead atoms. The second-order valence-corrected chi connectivity index (χ2v) is 4.61. The van der Waals surface area contributed by atoms with Gasteiger partial charge in [0.15, 0.2) is 0 Å². The predicted molar refractivity (Wildman–Crippen MR) is 76.8 cm³/mol. The van der Waals surface area contributed by atoms with Gasteiger partial charge in [-0.05, 0) is 24.6 Å².